The van der Waals surface area contributed by atoms with Gasteiger partial charge in [0.1, 0.15) is 6.61 Å². The highest BCUT2D eigenvalue weighted by atomic mass is 35.5. The van der Waals surface area contributed by atoms with Crippen LogP contribution in [0.3, 0.4) is 0 Å². The molecular weight excluding hydrogens is 330 g/mol. The normalized spacial score (nSPS) is 10.5. The first-order valence-corrected chi connectivity index (χ1v) is 7.55. The van der Waals surface area contributed by atoms with Crippen LogP contribution in [0.25, 0.3) is 11.4 Å². The Kier molecular flexibility index (Phi) is 5.15. The van der Waals surface area contributed by atoms with Crippen molar-refractivity contribution < 1.29 is 9.53 Å². The van der Waals surface area contributed by atoms with Gasteiger partial charge in [0.15, 0.2) is 0 Å². The summed E-state index contributed by atoms with van der Waals surface area (Å²) in [6, 6.07) is 14.5. The predicted molar refractivity (Wildman–Crippen MR) is 89.4 cm³/mol. The number of aromatic nitrogens is 4. The summed E-state index contributed by atoms with van der Waals surface area (Å²) in [5, 5.41) is 17.0. The fourth-order valence-electron chi connectivity index (χ4n) is 2.05. The van der Waals surface area contributed by atoms with Crippen molar-refractivity contribution >= 4 is 23.2 Å². The summed E-state index contributed by atoms with van der Waals surface area (Å²) in [5.74, 6) is 0.255. The van der Waals surface area contributed by atoms with Crippen molar-refractivity contribution in [1.82, 2.24) is 20.6 Å². The molecule has 122 valence electrons. The lowest BCUT2D eigenvalue weighted by atomic mass is 10.2. The smallest absolute Gasteiger partial charge is 0.250 e. The average molecular weight is 344 g/mol. The highest BCUT2D eigenvalue weighted by Crippen LogP contribution is 2.17. The minimum atomic E-state index is -0.241. The first-order valence-electron chi connectivity index (χ1n) is 7.17. The molecule has 1 amide bonds. The highest BCUT2D eigenvalue weighted by Gasteiger charge is 2.06. The van der Waals surface area contributed by atoms with Crippen molar-refractivity contribution in [3.8, 4) is 11.4 Å². The number of halogens is 1. The molecule has 0 aliphatic heterocycles. The topological polar surface area (TPSA) is 92.8 Å². The van der Waals surface area contributed by atoms with Crippen molar-refractivity contribution in [2.45, 2.75) is 6.61 Å². The summed E-state index contributed by atoms with van der Waals surface area (Å²) in [6.45, 7) is 0.224. The first-order chi connectivity index (χ1) is 11.7. The maximum absolute atomic E-state index is 11.9. The quantitative estimate of drug-likeness (QED) is 0.717. The van der Waals surface area contributed by atoms with Gasteiger partial charge in [-0.25, -0.2) is 0 Å². The lowest BCUT2D eigenvalue weighted by Gasteiger charge is -2.07. The second kappa shape index (κ2) is 7.67. The molecule has 2 aromatic carbocycles. The van der Waals surface area contributed by atoms with E-state index in [2.05, 4.69) is 25.9 Å². The fourth-order valence-corrected chi connectivity index (χ4v) is 2.24. The van der Waals surface area contributed by atoms with E-state index < -0.39 is 0 Å². The highest BCUT2D eigenvalue weighted by molar-refractivity contribution is 6.31. The Hall–Kier alpha value is -2.77. The van der Waals surface area contributed by atoms with Crippen LogP contribution in [0.5, 0.6) is 0 Å². The molecule has 0 bridgehead atoms. The molecule has 0 aliphatic rings. The van der Waals surface area contributed by atoms with Crippen LogP contribution in [0.4, 0.5) is 5.69 Å². The number of rotatable bonds is 6. The largest absolute Gasteiger partial charge is 0.367 e. The number of H-pyrrole nitrogens is 1. The van der Waals surface area contributed by atoms with Crippen LogP contribution >= 0.6 is 11.6 Å². The number of carbonyl (C=O) groups is 1. The number of carbonyl (C=O) groups excluding carboxylic acids is 1. The summed E-state index contributed by atoms with van der Waals surface area (Å²) in [5.41, 5.74) is 2.31. The van der Waals surface area contributed by atoms with Gasteiger partial charge in [-0.15, -0.1) is 10.2 Å². The van der Waals surface area contributed by atoms with E-state index in [0.29, 0.717) is 16.5 Å². The molecular formula is C16H14ClN5O2. The van der Waals surface area contributed by atoms with Crippen LogP contribution in [0, 0.1) is 0 Å². The van der Waals surface area contributed by atoms with Gasteiger partial charge in [0.25, 0.3) is 0 Å². The molecule has 24 heavy (non-hydrogen) atoms. The molecule has 1 heterocycles. The van der Waals surface area contributed by atoms with Crippen LogP contribution < -0.4 is 5.32 Å². The van der Waals surface area contributed by atoms with Gasteiger partial charge >= 0.3 is 0 Å². The molecule has 0 atom stereocenters. The van der Waals surface area contributed by atoms with Crippen molar-refractivity contribution in [2.24, 2.45) is 0 Å². The van der Waals surface area contributed by atoms with E-state index in [9.17, 15) is 4.79 Å². The third-order valence-corrected chi connectivity index (χ3v) is 3.59. The SMILES string of the molecule is O=C(COCc1ccccc1Cl)Nc1ccc(-c2nn[nH]n2)cc1. The molecule has 0 radical (unpaired) electrons. The Labute approximate surface area is 143 Å². The number of ether oxygens (including phenoxy) is 1. The van der Waals surface area contributed by atoms with Gasteiger partial charge in [-0.3, -0.25) is 4.79 Å². The molecule has 0 spiro atoms. The van der Waals surface area contributed by atoms with Gasteiger partial charge in [0.2, 0.25) is 11.7 Å². The van der Waals surface area contributed by atoms with Gasteiger partial charge < -0.3 is 10.1 Å². The van der Waals surface area contributed by atoms with Gasteiger partial charge in [-0.05, 0) is 41.1 Å². The van der Waals surface area contributed by atoms with Gasteiger partial charge in [-0.1, -0.05) is 29.8 Å². The number of tetrazole rings is 1. The zero-order chi connectivity index (χ0) is 16.8. The predicted octanol–water partition coefficient (Wildman–Crippen LogP) is 2.68. The number of nitrogens with zero attached hydrogens (tertiary/aromatic N) is 3. The molecule has 3 rings (SSSR count). The van der Waals surface area contributed by atoms with E-state index in [4.69, 9.17) is 16.3 Å². The third kappa shape index (κ3) is 4.15. The Balaban J connectivity index is 1.49. The molecule has 0 unspecified atom stereocenters. The fraction of sp³-hybridized carbons (Fsp3) is 0.125. The summed E-state index contributed by atoms with van der Waals surface area (Å²) in [6.07, 6.45) is 0. The van der Waals surface area contributed by atoms with Gasteiger partial charge in [0, 0.05) is 16.3 Å². The summed E-state index contributed by atoms with van der Waals surface area (Å²) < 4.78 is 5.39. The van der Waals surface area contributed by atoms with Crippen molar-refractivity contribution in [3.63, 3.8) is 0 Å². The van der Waals surface area contributed by atoms with E-state index in [1.165, 1.54) is 0 Å². The van der Waals surface area contributed by atoms with Crippen molar-refractivity contribution in [3.05, 3.63) is 59.1 Å². The van der Waals surface area contributed by atoms with Crippen molar-refractivity contribution in [1.29, 1.82) is 0 Å². The van der Waals surface area contributed by atoms with Crippen LogP contribution in [-0.4, -0.2) is 33.1 Å². The van der Waals surface area contributed by atoms with E-state index >= 15 is 0 Å². The van der Waals surface area contributed by atoms with Gasteiger partial charge in [0.05, 0.1) is 6.61 Å². The number of hydrogen-bond donors (Lipinski definition) is 2. The second-order valence-corrected chi connectivity index (χ2v) is 5.35. The first kappa shape index (κ1) is 16.1. The zero-order valence-electron chi connectivity index (χ0n) is 12.6. The van der Waals surface area contributed by atoms with E-state index in [-0.39, 0.29) is 19.1 Å². The molecule has 0 fully saturated rings. The molecule has 1 aromatic heterocycles. The Morgan fingerprint density at radius 2 is 1.96 bits per heavy atom. The van der Waals surface area contributed by atoms with Crippen molar-refractivity contribution in [2.75, 3.05) is 11.9 Å². The maximum Gasteiger partial charge on any atom is 0.250 e. The van der Waals surface area contributed by atoms with Crippen LogP contribution in [0.2, 0.25) is 5.02 Å². The monoisotopic (exact) mass is 343 g/mol. The molecule has 0 aliphatic carbocycles. The number of anilines is 1. The van der Waals surface area contributed by atoms with E-state index in [1.807, 2.05) is 18.2 Å². The van der Waals surface area contributed by atoms with Gasteiger partial charge in [-0.2, -0.15) is 5.21 Å². The summed E-state index contributed by atoms with van der Waals surface area (Å²) in [7, 11) is 0. The lowest BCUT2D eigenvalue weighted by molar-refractivity contribution is -0.121. The van der Waals surface area contributed by atoms with Crippen LogP contribution in [-0.2, 0) is 16.1 Å². The standard InChI is InChI=1S/C16H14ClN5O2/c17-14-4-2-1-3-12(14)9-24-10-15(23)18-13-7-5-11(6-8-13)16-19-21-22-20-16/h1-8H,9-10H2,(H,18,23)(H,19,20,21,22). The minimum absolute atomic E-state index is 0.0577. The molecule has 0 saturated carbocycles. The summed E-state index contributed by atoms with van der Waals surface area (Å²) in [4.78, 5) is 11.9. The maximum atomic E-state index is 11.9. The van der Waals surface area contributed by atoms with E-state index in [0.717, 1.165) is 11.1 Å². The second-order valence-electron chi connectivity index (χ2n) is 4.95. The molecule has 3 aromatic rings. The Morgan fingerprint density at radius 1 is 1.17 bits per heavy atom. The average Bonchev–Trinajstić information content (AvgIpc) is 3.12. The number of nitrogens with one attached hydrogen (secondary N) is 2. The number of aromatic amines is 1. The Bertz CT molecular complexity index is 806. The summed E-state index contributed by atoms with van der Waals surface area (Å²) >= 11 is 6.03. The molecule has 8 heteroatoms. The third-order valence-electron chi connectivity index (χ3n) is 3.22. The minimum Gasteiger partial charge on any atom is -0.367 e. The molecule has 0 saturated heterocycles. The molecule has 7 nitrogen and oxygen atoms in total. The van der Waals surface area contributed by atoms with E-state index in [1.54, 1.807) is 30.3 Å². The molecule has 2 N–H and O–H groups in total. The Morgan fingerprint density at radius 3 is 2.67 bits per heavy atom. The lowest BCUT2D eigenvalue weighted by Crippen LogP contribution is -2.18. The number of amides is 1. The number of benzene rings is 2. The zero-order valence-corrected chi connectivity index (χ0v) is 13.3. The van der Waals surface area contributed by atoms with Crippen LogP contribution in [0.1, 0.15) is 5.56 Å². The number of hydrogen-bond acceptors (Lipinski definition) is 5. The van der Waals surface area contributed by atoms with Crippen LogP contribution in [0.15, 0.2) is 48.5 Å².